The smallest absolute Gasteiger partial charge is 0.155 e. The number of nitrogens with one attached hydrogen (secondary N) is 2. The molecule has 260 valence electrons. The van der Waals surface area contributed by atoms with Crippen molar-refractivity contribution < 1.29 is 0 Å². The first-order valence-corrected chi connectivity index (χ1v) is 18.9. The van der Waals surface area contributed by atoms with Gasteiger partial charge in [0.25, 0.3) is 0 Å². The number of fused-ring (bicyclic) bond motifs is 6. The third kappa shape index (κ3) is 4.81. The summed E-state index contributed by atoms with van der Waals surface area (Å²) < 4.78 is 2.42. The Morgan fingerprint density at radius 3 is 1.85 bits per heavy atom. The van der Waals surface area contributed by atoms with Crippen molar-refractivity contribution >= 4 is 27.6 Å². The van der Waals surface area contributed by atoms with Crippen molar-refractivity contribution in [1.82, 2.24) is 15.3 Å². The fraction of sp³-hybridized carbons (Fsp3) is 0.0392. The zero-order valence-corrected chi connectivity index (χ0v) is 30.0. The molecule has 55 heavy (non-hydrogen) atoms. The zero-order valence-electron chi connectivity index (χ0n) is 30.0. The van der Waals surface area contributed by atoms with E-state index in [1.54, 1.807) is 0 Å². The highest BCUT2D eigenvalue weighted by molar-refractivity contribution is 6.11. The van der Waals surface area contributed by atoms with Gasteiger partial charge in [-0.15, -0.1) is 0 Å². The third-order valence-corrected chi connectivity index (χ3v) is 11.6. The molecule has 0 radical (unpaired) electrons. The van der Waals surface area contributed by atoms with Gasteiger partial charge in [-0.2, -0.15) is 5.10 Å². The molecule has 1 unspecified atom stereocenters. The summed E-state index contributed by atoms with van der Waals surface area (Å²) in [5, 5.41) is 10.8. The van der Waals surface area contributed by atoms with Crippen LogP contribution in [0, 0.1) is 0 Å². The maximum absolute atomic E-state index is 4.74. The lowest BCUT2D eigenvalue weighted by Crippen LogP contribution is -2.28. The number of benzene rings is 8. The molecule has 1 atom stereocenters. The summed E-state index contributed by atoms with van der Waals surface area (Å²) in [7, 11) is 0. The molecule has 0 spiro atoms. The topological polar surface area (TPSA) is 41.4 Å². The highest BCUT2D eigenvalue weighted by atomic mass is 15.4. The molecular formula is C51H36N4. The molecule has 1 aliphatic carbocycles. The zero-order chi connectivity index (χ0) is 36.3. The Morgan fingerprint density at radius 1 is 0.455 bits per heavy atom. The van der Waals surface area contributed by atoms with E-state index in [1.807, 2.05) is 6.07 Å². The summed E-state index contributed by atoms with van der Waals surface area (Å²) in [5.41, 5.74) is 18.5. The van der Waals surface area contributed by atoms with Crippen LogP contribution in [0.15, 0.2) is 205 Å². The molecule has 4 heteroatoms. The predicted octanol–water partition coefficient (Wildman–Crippen LogP) is 11.4. The maximum atomic E-state index is 4.74. The molecule has 0 amide bonds. The molecule has 0 fully saturated rings. The second-order valence-electron chi connectivity index (χ2n) is 14.5. The van der Waals surface area contributed by atoms with Gasteiger partial charge in [-0.1, -0.05) is 170 Å². The molecule has 0 saturated carbocycles. The van der Waals surface area contributed by atoms with Crippen molar-refractivity contribution in [3.63, 3.8) is 0 Å². The fourth-order valence-electron chi connectivity index (χ4n) is 9.13. The summed E-state index contributed by atoms with van der Waals surface area (Å²) in [6, 6.07) is 72.8. The van der Waals surface area contributed by atoms with Gasteiger partial charge in [0, 0.05) is 22.0 Å². The average Bonchev–Trinajstić information content (AvgIpc) is 3.97. The molecule has 2 aliphatic rings. The monoisotopic (exact) mass is 704 g/mol. The average molecular weight is 705 g/mol. The second kappa shape index (κ2) is 12.5. The molecule has 2 heterocycles. The molecule has 9 aromatic rings. The Labute approximate surface area is 320 Å². The minimum Gasteiger partial charge on any atom is -0.343 e. The van der Waals surface area contributed by atoms with E-state index in [1.165, 1.54) is 55.3 Å². The fourth-order valence-corrected chi connectivity index (χ4v) is 9.13. The highest BCUT2D eigenvalue weighted by Crippen LogP contribution is 2.56. The predicted molar refractivity (Wildman–Crippen MR) is 226 cm³/mol. The summed E-state index contributed by atoms with van der Waals surface area (Å²) in [4.78, 5) is 0. The Morgan fingerprint density at radius 2 is 1.11 bits per heavy atom. The Kier molecular flexibility index (Phi) is 7.11. The molecular weight excluding hydrogens is 669 g/mol. The van der Waals surface area contributed by atoms with E-state index in [0.29, 0.717) is 0 Å². The molecule has 1 aromatic heterocycles. The number of hydrogen-bond donors (Lipinski definition) is 2. The van der Waals surface area contributed by atoms with Crippen LogP contribution >= 0.6 is 0 Å². The van der Waals surface area contributed by atoms with E-state index < -0.39 is 5.41 Å². The molecule has 1 aliphatic heterocycles. The Bertz CT molecular complexity index is 2880. The van der Waals surface area contributed by atoms with Gasteiger partial charge in [-0.25, -0.2) is 0 Å². The van der Waals surface area contributed by atoms with Crippen LogP contribution in [0.3, 0.4) is 0 Å². The summed E-state index contributed by atoms with van der Waals surface area (Å²) >= 11 is 0. The number of nitrogens with zero attached hydrogens (tertiary/aromatic N) is 2. The van der Waals surface area contributed by atoms with Gasteiger partial charge in [0.2, 0.25) is 0 Å². The van der Waals surface area contributed by atoms with Crippen LogP contribution in [0.2, 0.25) is 0 Å². The van der Waals surface area contributed by atoms with Gasteiger partial charge < -0.3 is 9.88 Å². The van der Waals surface area contributed by atoms with Gasteiger partial charge in [-0.05, 0) is 80.4 Å². The van der Waals surface area contributed by atoms with E-state index in [0.717, 1.165) is 33.7 Å². The summed E-state index contributed by atoms with van der Waals surface area (Å²) in [6.07, 6.45) is -0.0808. The molecule has 0 saturated heterocycles. The molecule has 0 bridgehead atoms. The molecule has 11 rings (SSSR count). The number of hydrazone groups is 1. The molecule has 4 nitrogen and oxygen atoms in total. The first kappa shape index (κ1) is 31.4. The SMILES string of the molecule is c1ccc(-c2ccc3c4cc(C5(c6ccccc6)c6ccccc6-c6ccccc65)ccc4n(-c4cccc(C5=NNC(c6ccccc6)N5)c4)c3c2)cc1. The lowest BCUT2D eigenvalue weighted by atomic mass is 9.67. The summed E-state index contributed by atoms with van der Waals surface area (Å²) in [5.74, 6) is 0.826. The van der Waals surface area contributed by atoms with E-state index in [-0.39, 0.29) is 6.17 Å². The van der Waals surface area contributed by atoms with Crippen molar-refractivity contribution in [2.24, 2.45) is 5.10 Å². The first-order chi connectivity index (χ1) is 27.3. The number of aromatic nitrogens is 1. The Balaban J connectivity index is 1.13. The van der Waals surface area contributed by atoms with Gasteiger partial charge >= 0.3 is 0 Å². The largest absolute Gasteiger partial charge is 0.343 e. The molecule has 2 N–H and O–H groups in total. The number of rotatable bonds is 6. The van der Waals surface area contributed by atoms with Crippen LogP contribution < -0.4 is 10.7 Å². The number of hydrogen-bond acceptors (Lipinski definition) is 3. The van der Waals surface area contributed by atoms with Crippen LogP contribution in [0.5, 0.6) is 0 Å². The van der Waals surface area contributed by atoms with Crippen LogP contribution in [-0.4, -0.2) is 10.4 Å². The van der Waals surface area contributed by atoms with E-state index in [9.17, 15) is 0 Å². The molecule has 8 aromatic carbocycles. The number of amidine groups is 1. The third-order valence-electron chi connectivity index (χ3n) is 11.6. The minimum atomic E-state index is -0.477. The van der Waals surface area contributed by atoms with Crippen LogP contribution in [-0.2, 0) is 5.41 Å². The quantitative estimate of drug-likeness (QED) is 0.181. The summed E-state index contributed by atoms with van der Waals surface area (Å²) in [6.45, 7) is 0. The lowest BCUT2D eigenvalue weighted by molar-refractivity contribution is 0.574. The van der Waals surface area contributed by atoms with E-state index in [2.05, 4.69) is 209 Å². The standard InChI is InChI=1S/C51H36N4/c1-4-15-34(16-5-1)36-27-29-43-44-33-39(51(38-20-8-3-9-21-38)45-25-12-10-23-41(45)42-24-11-13-26-46(42)51)28-30-47(44)55(48(43)32-36)40-22-14-19-37(31-40)50-52-49(53-54-50)35-17-6-2-7-18-35/h1-33,49,53H,(H,52,54). The second-order valence-corrected chi connectivity index (χ2v) is 14.5. The van der Waals surface area contributed by atoms with Crippen molar-refractivity contribution in [1.29, 1.82) is 0 Å². The first-order valence-electron chi connectivity index (χ1n) is 18.9. The van der Waals surface area contributed by atoms with Crippen molar-refractivity contribution in [3.05, 3.63) is 234 Å². The van der Waals surface area contributed by atoms with E-state index >= 15 is 0 Å². The van der Waals surface area contributed by atoms with Crippen LogP contribution in [0.1, 0.15) is 39.5 Å². The van der Waals surface area contributed by atoms with Crippen molar-refractivity contribution in [3.8, 4) is 27.9 Å². The lowest BCUT2D eigenvalue weighted by Gasteiger charge is -2.34. The normalized spacial score (nSPS) is 15.3. The van der Waals surface area contributed by atoms with Gasteiger partial charge in [0.1, 0.15) is 6.17 Å². The van der Waals surface area contributed by atoms with Crippen molar-refractivity contribution in [2.45, 2.75) is 11.6 Å². The van der Waals surface area contributed by atoms with Gasteiger partial charge in [0.15, 0.2) is 5.84 Å². The maximum Gasteiger partial charge on any atom is 0.155 e. The van der Waals surface area contributed by atoms with Gasteiger partial charge in [-0.3, -0.25) is 5.43 Å². The Hall–Kier alpha value is -7.17. The van der Waals surface area contributed by atoms with Crippen LogP contribution in [0.25, 0.3) is 49.7 Å². The van der Waals surface area contributed by atoms with Gasteiger partial charge in [0.05, 0.1) is 16.4 Å². The minimum absolute atomic E-state index is 0.0808. The van der Waals surface area contributed by atoms with Crippen LogP contribution in [0.4, 0.5) is 0 Å². The van der Waals surface area contributed by atoms with Crippen molar-refractivity contribution in [2.75, 3.05) is 0 Å². The highest BCUT2D eigenvalue weighted by Gasteiger charge is 2.46. The van der Waals surface area contributed by atoms with E-state index in [4.69, 9.17) is 5.10 Å².